The van der Waals surface area contributed by atoms with Gasteiger partial charge in [-0.05, 0) is 40.6 Å². The summed E-state index contributed by atoms with van der Waals surface area (Å²) >= 11 is 0. The van der Waals surface area contributed by atoms with E-state index >= 15 is 0 Å². The van der Waals surface area contributed by atoms with E-state index in [1.165, 1.54) is 12.1 Å². The van der Waals surface area contributed by atoms with Gasteiger partial charge in [-0.25, -0.2) is 4.39 Å². The van der Waals surface area contributed by atoms with Crippen molar-refractivity contribution in [3.8, 4) is 5.75 Å². The van der Waals surface area contributed by atoms with Gasteiger partial charge in [0.2, 0.25) is 5.91 Å². The topological polar surface area (TPSA) is 58.6 Å². The Morgan fingerprint density at radius 1 is 0.842 bits per heavy atom. The Kier molecular flexibility index (Phi) is 9.09. The van der Waals surface area contributed by atoms with Gasteiger partial charge in [-0.1, -0.05) is 92.7 Å². The number of nitrogens with zero attached hydrogens (tertiary/aromatic N) is 1. The van der Waals surface area contributed by atoms with Crippen molar-refractivity contribution in [2.45, 2.75) is 32.9 Å². The SMILES string of the molecule is CC(C)CNC(=O)[C@@H](Cc1ccccc1)N(Cc1ccc(F)cc1)C(=O)COc1cccc2ccccc12. The van der Waals surface area contributed by atoms with E-state index in [-0.39, 0.29) is 36.7 Å². The van der Waals surface area contributed by atoms with E-state index < -0.39 is 6.04 Å². The molecular weight excluding hydrogens is 479 g/mol. The highest BCUT2D eigenvalue weighted by molar-refractivity contribution is 5.90. The highest BCUT2D eigenvalue weighted by Gasteiger charge is 2.30. The Morgan fingerprint density at radius 2 is 1.53 bits per heavy atom. The Morgan fingerprint density at radius 3 is 2.26 bits per heavy atom. The van der Waals surface area contributed by atoms with Crippen molar-refractivity contribution in [3.63, 3.8) is 0 Å². The standard InChI is InChI=1S/C32H33FN2O3/c1-23(2)20-34-32(37)29(19-24-9-4-3-5-10-24)35(21-25-15-17-27(33)18-16-25)31(36)22-38-30-14-8-12-26-11-6-7-13-28(26)30/h3-18,23,29H,19-22H2,1-2H3,(H,34,37)/t29-/m1/s1. The summed E-state index contributed by atoms with van der Waals surface area (Å²) in [6.45, 7) is 4.44. The summed E-state index contributed by atoms with van der Waals surface area (Å²) in [6.07, 6.45) is 0.339. The first-order valence-corrected chi connectivity index (χ1v) is 12.9. The molecule has 0 spiro atoms. The van der Waals surface area contributed by atoms with Crippen LogP contribution < -0.4 is 10.1 Å². The second-order valence-corrected chi connectivity index (χ2v) is 9.76. The molecule has 0 aliphatic rings. The van der Waals surface area contributed by atoms with Crippen LogP contribution in [0.15, 0.2) is 97.1 Å². The quantitative estimate of drug-likeness (QED) is 0.278. The molecule has 0 unspecified atom stereocenters. The molecule has 2 amide bonds. The summed E-state index contributed by atoms with van der Waals surface area (Å²) in [5.74, 6) is -0.0678. The average Bonchev–Trinajstić information content (AvgIpc) is 2.93. The molecular formula is C32H33FN2O3. The van der Waals surface area contributed by atoms with E-state index in [0.717, 1.165) is 21.9 Å². The van der Waals surface area contributed by atoms with Crippen LogP contribution in [-0.4, -0.2) is 35.9 Å². The normalized spacial score (nSPS) is 11.8. The molecule has 0 aromatic heterocycles. The summed E-state index contributed by atoms with van der Waals surface area (Å²) in [4.78, 5) is 28.8. The van der Waals surface area contributed by atoms with E-state index in [4.69, 9.17) is 4.74 Å². The lowest BCUT2D eigenvalue weighted by atomic mass is 10.0. The van der Waals surface area contributed by atoms with Crippen LogP contribution >= 0.6 is 0 Å². The summed E-state index contributed by atoms with van der Waals surface area (Å²) in [5, 5.41) is 4.91. The van der Waals surface area contributed by atoms with Gasteiger partial charge in [0.25, 0.3) is 5.91 Å². The predicted molar refractivity (Wildman–Crippen MR) is 148 cm³/mol. The van der Waals surface area contributed by atoms with Crippen molar-refractivity contribution < 1.29 is 18.7 Å². The first-order valence-electron chi connectivity index (χ1n) is 12.9. The fourth-order valence-electron chi connectivity index (χ4n) is 4.31. The number of nitrogens with one attached hydrogen (secondary N) is 1. The molecule has 4 aromatic carbocycles. The molecule has 0 radical (unpaired) electrons. The number of carbonyl (C=O) groups excluding carboxylic acids is 2. The molecule has 4 aromatic rings. The molecule has 0 heterocycles. The van der Waals surface area contributed by atoms with Gasteiger partial charge in [0.05, 0.1) is 0 Å². The van der Waals surface area contributed by atoms with Gasteiger partial charge in [-0.15, -0.1) is 0 Å². The summed E-state index contributed by atoms with van der Waals surface area (Å²) in [5.41, 5.74) is 1.66. The van der Waals surface area contributed by atoms with Gasteiger partial charge in [-0.3, -0.25) is 9.59 Å². The fourth-order valence-corrected chi connectivity index (χ4v) is 4.31. The van der Waals surface area contributed by atoms with E-state index in [1.54, 1.807) is 17.0 Å². The number of halogens is 1. The number of ether oxygens (including phenoxy) is 1. The second kappa shape index (κ2) is 12.9. The van der Waals surface area contributed by atoms with Crippen LogP contribution in [0.4, 0.5) is 4.39 Å². The molecule has 1 atom stereocenters. The zero-order valence-corrected chi connectivity index (χ0v) is 21.8. The first-order chi connectivity index (χ1) is 18.4. The molecule has 0 bridgehead atoms. The highest BCUT2D eigenvalue weighted by Crippen LogP contribution is 2.25. The van der Waals surface area contributed by atoms with Crippen LogP contribution in [-0.2, 0) is 22.6 Å². The number of hydrogen-bond acceptors (Lipinski definition) is 3. The van der Waals surface area contributed by atoms with E-state index in [9.17, 15) is 14.0 Å². The minimum Gasteiger partial charge on any atom is -0.483 e. The third-order valence-electron chi connectivity index (χ3n) is 6.32. The zero-order chi connectivity index (χ0) is 26.9. The van der Waals surface area contributed by atoms with Crippen molar-refractivity contribution in [2.75, 3.05) is 13.2 Å². The molecule has 5 nitrogen and oxygen atoms in total. The van der Waals surface area contributed by atoms with Crippen LogP contribution in [0.5, 0.6) is 5.75 Å². The molecule has 0 aliphatic heterocycles. The van der Waals surface area contributed by atoms with Crippen LogP contribution in [0.2, 0.25) is 0 Å². The summed E-state index contributed by atoms with van der Waals surface area (Å²) < 4.78 is 19.6. The molecule has 38 heavy (non-hydrogen) atoms. The number of rotatable bonds is 11. The van der Waals surface area contributed by atoms with Crippen molar-refractivity contribution >= 4 is 22.6 Å². The highest BCUT2D eigenvalue weighted by atomic mass is 19.1. The number of carbonyl (C=O) groups is 2. The molecule has 0 aliphatic carbocycles. The van der Waals surface area contributed by atoms with Crippen molar-refractivity contribution in [2.24, 2.45) is 5.92 Å². The minimum absolute atomic E-state index is 0.143. The van der Waals surface area contributed by atoms with Gasteiger partial charge in [0, 0.05) is 24.9 Å². The fraction of sp³-hybridized carbons (Fsp3) is 0.250. The molecule has 0 saturated heterocycles. The zero-order valence-electron chi connectivity index (χ0n) is 21.8. The lowest BCUT2D eigenvalue weighted by Crippen LogP contribution is -2.52. The average molecular weight is 513 g/mol. The predicted octanol–water partition coefficient (Wildman–Crippen LogP) is 5.77. The van der Waals surface area contributed by atoms with E-state index in [2.05, 4.69) is 5.32 Å². The van der Waals surface area contributed by atoms with Gasteiger partial charge < -0.3 is 15.0 Å². The molecule has 196 valence electrons. The monoisotopic (exact) mass is 512 g/mol. The summed E-state index contributed by atoms with van der Waals surface area (Å²) in [7, 11) is 0. The molecule has 6 heteroatoms. The number of hydrogen-bond donors (Lipinski definition) is 1. The lowest BCUT2D eigenvalue weighted by molar-refractivity contribution is -0.142. The van der Waals surface area contributed by atoms with Gasteiger partial charge in [0.1, 0.15) is 17.6 Å². The third-order valence-corrected chi connectivity index (χ3v) is 6.32. The molecule has 4 rings (SSSR count). The van der Waals surface area contributed by atoms with Crippen molar-refractivity contribution in [3.05, 3.63) is 114 Å². The largest absolute Gasteiger partial charge is 0.483 e. The van der Waals surface area contributed by atoms with Crippen LogP contribution in [0.1, 0.15) is 25.0 Å². The number of amides is 2. The van der Waals surface area contributed by atoms with Crippen molar-refractivity contribution in [1.29, 1.82) is 0 Å². The van der Waals surface area contributed by atoms with Gasteiger partial charge >= 0.3 is 0 Å². The van der Waals surface area contributed by atoms with E-state index in [1.807, 2.05) is 86.6 Å². The molecule has 0 saturated carbocycles. The number of fused-ring (bicyclic) bond motifs is 1. The Balaban J connectivity index is 1.63. The maximum Gasteiger partial charge on any atom is 0.261 e. The van der Waals surface area contributed by atoms with Gasteiger partial charge in [0.15, 0.2) is 6.61 Å². The lowest BCUT2D eigenvalue weighted by Gasteiger charge is -2.31. The maximum atomic E-state index is 13.7. The first kappa shape index (κ1) is 26.9. The number of benzene rings is 4. The second-order valence-electron chi connectivity index (χ2n) is 9.76. The van der Waals surface area contributed by atoms with Crippen LogP contribution in [0, 0.1) is 11.7 Å². The van der Waals surface area contributed by atoms with Crippen LogP contribution in [0.3, 0.4) is 0 Å². The summed E-state index contributed by atoms with van der Waals surface area (Å²) in [6, 6.07) is 28.3. The molecule has 1 N–H and O–H groups in total. The third kappa shape index (κ3) is 7.19. The smallest absolute Gasteiger partial charge is 0.261 e. The Bertz CT molecular complexity index is 1350. The van der Waals surface area contributed by atoms with Gasteiger partial charge in [-0.2, -0.15) is 0 Å². The Hall–Kier alpha value is -4.19. The maximum absolute atomic E-state index is 13.7. The van der Waals surface area contributed by atoms with Crippen molar-refractivity contribution in [1.82, 2.24) is 10.2 Å². The van der Waals surface area contributed by atoms with E-state index in [0.29, 0.717) is 18.7 Å². The Labute approximate surface area is 223 Å². The minimum atomic E-state index is -0.773. The molecule has 0 fully saturated rings. The van der Waals surface area contributed by atoms with Crippen LogP contribution in [0.25, 0.3) is 10.8 Å².